The maximum Gasteiger partial charge on any atom is 0.118 e. The van der Waals surface area contributed by atoms with Gasteiger partial charge in [0.1, 0.15) is 13.1 Å². The molecule has 2 heterocycles. The van der Waals surface area contributed by atoms with Gasteiger partial charge in [-0.15, -0.1) is 0 Å². The molecule has 0 spiro atoms. The van der Waals surface area contributed by atoms with Gasteiger partial charge in [0.25, 0.3) is 0 Å². The van der Waals surface area contributed by atoms with Crippen molar-refractivity contribution in [2.24, 2.45) is 0 Å². The number of rotatable bonds is 3. The van der Waals surface area contributed by atoms with Crippen molar-refractivity contribution in [1.82, 2.24) is 4.98 Å². The Morgan fingerprint density at radius 1 is 1.04 bits per heavy atom. The average molecular weight is 305 g/mol. The van der Waals surface area contributed by atoms with Crippen LogP contribution < -0.4 is 4.90 Å². The van der Waals surface area contributed by atoms with Crippen molar-refractivity contribution in [1.29, 1.82) is 0 Å². The maximum absolute atomic E-state index is 3.64. The smallest absolute Gasteiger partial charge is 0.118 e. The Kier molecular flexibility index (Phi) is 3.70. The molecule has 1 aromatic heterocycles. The van der Waals surface area contributed by atoms with Crippen LogP contribution in [0.4, 0.5) is 0 Å². The predicted octanol–water partition coefficient (Wildman–Crippen LogP) is 3.43. The Morgan fingerprint density at radius 2 is 1.83 bits per heavy atom. The number of H-pyrrole nitrogens is 1. The van der Waals surface area contributed by atoms with Crippen molar-refractivity contribution < 1.29 is 4.90 Å². The zero-order valence-electron chi connectivity index (χ0n) is 14.0. The lowest BCUT2D eigenvalue weighted by Gasteiger charge is -2.24. The van der Waals surface area contributed by atoms with Gasteiger partial charge >= 0.3 is 0 Å². The number of para-hydroxylation sites is 1. The summed E-state index contributed by atoms with van der Waals surface area (Å²) in [5.74, 6) is 0.611. The fourth-order valence-electron chi connectivity index (χ4n) is 3.79. The standard InChI is InChI=1S/C21H24N2/c1-15(2)17-9-7-16(8-10-17)13-23-12-11-19-18-5-3-4-6-20(18)22-21(19)14-23/h3-10,15,22H,11-14H2,1-2H3/p+1. The maximum atomic E-state index is 3.64. The Bertz CT molecular complexity index is 811. The number of nitrogens with one attached hydrogen (secondary N) is 2. The number of aromatic nitrogens is 1. The molecule has 0 radical (unpaired) electrons. The molecule has 0 saturated heterocycles. The summed E-state index contributed by atoms with van der Waals surface area (Å²) >= 11 is 0. The van der Waals surface area contributed by atoms with Crippen LogP contribution in [0.5, 0.6) is 0 Å². The SMILES string of the molecule is CC(C)c1ccc(C[NH+]2CCc3c([nH]c4ccccc34)C2)cc1. The van der Waals surface area contributed by atoms with E-state index in [9.17, 15) is 0 Å². The molecular weight excluding hydrogens is 280 g/mol. The molecule has 118 valence electrons. The second-order valence-electron chi connectivity index (χ2n) is 7.13. The highest BCUT2D eigenvalue weighted by atomic mass is 15.1. The van der Waals surface area contributed by atoms with Gasteiger partial charge in [-0.2, -0.15) is 0 Å². The lowest BCUT2D eigenvalue weighted by atomic mass is 10.0. The first-order valence-corrected chi connectivity index (χ1v) is 8.71. The first kappa shape index (κ1) is 14.5. The van der Waals surface area contributed by atoms with Gasteiger partial charge in [0.2, 0.25) is 0 Å². The molecule has 0 bridgehead atoms. The largest absolute Gasteiger partial charge is 0.354 e. The quantitative estimate of drug-likeness (QED) is 0.739. The summed E-state index contributed by atoms with van der Waals surface area (Å²) in [6, 6.07) is 17.9. The Morgan fingerprint density at radius 3 is 2.61 bits per heavy atom. The van der Waals surface area contributed by atoms with Crippen LogP contribution in [-0.2, 0) is 19.5 Å². The number of hydrogen-bond donors (Lipinski definition) is 2. The van der Waals surface area contributed by atoms with E-state index < -0.39 is 0 Å². The minimum absolute atomic E-state index is 0.611. The summed E-state index contributed by atoms with van der Waals surface area (Å²) < 4.78 is 0. The normalized spacial score (nSPS) is 17.6. The fourth-order valence-corrected chi connectivity index (χ4v) is 3.79. The topological polar surface area (TPSA) is 20.2 Å². The van der Waals surface area contributed by atoms with Gasteiger partial charge in [-0.05, 0) is 23.1 Å². The molecule has 0 fully saturated rings. The Hall–Kier alpha value is -2.06. The van der Waals surface area contributed by atoms with E-state index in [1.165, 1.54) is 40.7 Å². The molecule has 0 saturated carbocycles. The van der Waals surface area contributed by atoms with Crippen LogP contribution in [0.1, 0.15) is 42.1 Å². The lowest BCUT2D eigenvalue weighted by Crippen LogP contribution is -3.10. The van der Waals surface area contributed by atoms with Crippen molar-refractivity contribution in [3.05, 3.63) is 70.9 Å². The minimum atomic E-state index is 0.611. The number of quaternary nitrogens is 1. The van der Waals surface area contributed by atoms with Crippen LogP contribution in [-0.4, -0.2) is 11.5 Å². The fraction of sp³-hybridized carbons (Fsp3) is 0.333. The van der Waals surface area contributed by atoms with E-state index in [2.05, 4.69) is 67.4 Å². The first-order valence-electron chi connectivity index (χ1n) is 8.71. The molecule has 2 nitrogen and oxygen atoms in total. The summed E-state index contributed by atoms with van der Waals surface area (Å²) in [4.78, 5) is 5.29. The molecule has 2 heteroatoms. The van der Waals surface area contributed by atoms with Crippen molar-refractivity contribution in [3.8, 4) is 0 Å². The molecule has 2 aromatic carbocycles. The van der Waals surface area contributed by atoms with Crippen molar-refractivity contribution in [2.75, 3.05) is 6.54 Å². The number of benzene rings is 2. The third-order valence-corrected chi connectivity index (χ3v) is 5.16. The highest BCUT2D eigenvalue weighted by Crippen LogP contribution is 2.23. The molecule has 0 aliphatic carbocycles. The van der Waals surface area contributed by atoms with E-state index in [-0.39, 0.29) is 0 Å². The second kappa shape index (κ2) is 5.86. The van der Waals surface area contributed by atoms with Gasteiger partial charge in [0, 0.05) is 22.9 Å². The molecule has 1 aliphatic rings. The summed E-state index contributed by atoms with van der Waals surface area (Å²) in [5, 5.41) is 1.42. The molecule has 1 unspecified atom stereocenters. The summed E-state index contributed by atoms with van der Waals surface area (Å²) in [5.41, 5.74) is 7.15. The second-order valence-corrected chi connectivity index (χ2v) is 7.13. The molecule has 1 atom stereocenters. The van der Waals surface area contributed by atoms with E-state index in [1.807, 2.05) is 0 Å². The summed E-state index contributed by atoms with van der Waals surface area (Å²) in [6.07, 6.45) is 1.18. The molecule has 3 aromatic rings. The van der Waals surface area contributed by atoms with E-state index in [0.29, 0.717) is 5.92 Å². The van der Waals surface area contributed by atoms with Crippen LogP contribution in [0.15, 0.2) is 48.5 Å². The molecular formula is C21H25N2+. The van der Waals surface area contributed by atoms with Crippen LogP contribution >= 0.6 is 0 Å². The monoisotopic (exact) mass is 305 g/mol. The van der Waals surface area contributed by atoms with Gasteiger partial charge in [0.15, 0.2) is 0 Å². The van der Waals surface area contributed by atoms with Gasteiger partial charge in [-0.25, -0.2) is 0 Å². The molecule has 2 N–H and O–H groups in total. The zero-order chi connectivity index (χ0) is 15.8. The van der Waals surface area contributed by atoms with E-state index in [0.717, 1.165) is 13.1 Å². The molecule has 0 amide bonds. The van der Waals surface area contributed by atoms with Crippen LogP contribution in [0.3, 0.4) is 0 Å². The first-order chi connectivity index (χ1) is 11.2. The Balaban J connectivity index is 1.51. The van der Waals surface area contributed by atoms with Crippen LogP contribution in [0.25, 0.3) is 10.9 Å². The predicted molar refractivity (Wildman–Crippen MR) is 95.8 cm³/mol. The third-order valence-electron chi connectivity index (χ3n) is 5.16. The minimum Gasteiger partial charge on any atom is -0.354 e. The van der Waals surface area contributed by atoms with Crippen molar-refractivity contribution >= 4 is 10.9 Å². The van der Waals surface area contributed by atoms with E-state index in [4.69, 9.17) is 0 Å². The van der Waals surface area contributed by atoms with Crippen molar-refractivity contribution in [2.45, 2.75) is 39.3 Å². The highest BCUT2D eigenvalue weighted by Gasteiger charge is 2.23. The Labute approximate surface area is 138 Å². The average Bonchev–Trinajstić information content (AvgIpc) is 2.93. The van der Waals surface area contributed by atoms with Gasteiger partial charge < -0.3 is 9.88 Å². The van der Waals surface area contributed by atoms with Crippen LogP contribution in [0.2, 0.25) is 0 Å². The number of hydrogen-bond acceptors (Lipinski definition) is 0. The molecule has 1 aliphatic heterocycles. The van der Waals surface area contributed by atoms with E-state index >= 15 is 0 Å². The lowest BCUT2D eigenvalue weighted by molar-refractivity contribution is -0.929. The van der Waals surface area contributed by atoms with Gasteiger partial charge in [-0.3, -0.25) is 0 Å². The highest BCUT2D eigenvalue weighted by molar-refractivity contribution is 5.84. The third kappa shape index (κ3) is 2.79. The number of aromatic amines is 1. The van der Waals surface area contributed by atoms with Crippen LogP contribution in [0, 0.1) is 0 Å². The zero-order valence-corrected chi connectivity index (χ0v) is 14.0. The molecule has 23 heavy (non-hydrogen) atoms. The van der Waals surface area contributed by atoms with E-state index in [1.54, 1.807) is 10.5 Å². The molecule has 4 rings (SSSR count). The summed E-state index contributed by atoms with van der Waals surface area (Å²) in [7, 11) is 0. The number of fused-ring (bicyclic) bond motifs is 3. The van der Waals surface area contributed by atoms with Gasteiger partial charge in [-0.1, -0.05) is 56.3 Å². The summed E-state index contributed by atoms with van der Waals surface area (Å²) in [6.45, 7) is 7.95. The van der Waals surface area contributed by atoms with Crippen molar-refractivity contribution in [3.63, 3.8) is 0 Å². The van der Waals surface area contributed by atoms with Gasteiger partial charge in [0.05, 0.1) is 12.2 Å².